The molecule has 0 saturated carbocycles. The fourth-order valence-corrected chi connectivity index (χ4v) is 2.37. The predicted molar refractivity (Wildman–Crippen MR) is 103 cm³/mol. The van der Waals surface area contributed by atoms with E-state index in [9.17, 15) is 4.79 Å². The van der Waals surface area contributed by atoms with Gasteiger partial charge < -0.3 is 14.5 Å². The fraction of sp³-hybridized carbons (Fsp3) is 0.100. The van der Waals surface area contributed by atoms with Crippen LogP contribution in [0.5, 0.6) is 0 Å². The number of ether oxygens (including phenoxy) is 1. The number of nitrogens with one attached hydrogen (secondary N) is 1. The summed E-state index contributed by atoms with van der Waals surface area (Å²) in [5.74, 6) is 0.766. The average molecular weight is 362 g/mol. The second-order valence-corrected chi connectivity index (χ2v) is 5.62. The molecule has 3 aromatic rings. The first-order chi connectivity index (χ1) is 13.1. The van der Waals surface area contributed by atoms with Gasteiger partial charge in [0.15, 0.2) is 5.58 Å². The third kappa shape index (κ3) is 4.27. The first-order valence-corrected chi connectivity index (χ1v) is 8.11. The number of methoxy groups -OCH3 is 1. The van der Waals surface area contributed by atoms with E-state index >= 15 is 0 Å². The van der Waals surface area contributed by atoms with Crippen molar-refractivity contribution in [2.75, 3.05) is 7.11 Å². The van der Waals surface area contributed by atoms with E-state index in [2.05, 4.69) is 27.0 Å². The normalized spacial score (nSPS) is 12.1. The quantitative estimate of drug-likeness (QED) is 0.410. The van der Waals surface area contributed by atoms with Crippen molar-refractivity contribution >= 4 is 23.7 Å². The number of carbonyl (C=O) groups is 1. The molecule has 2 aromatic heterocycles. The minimum absolute atomic E-state index is 0.308. The van der Waals surface area contributed by atoms with Crippen LogP contribution in [0, 0.1) is 0 Å². The minimum Gasteiger partial charge on any atom is -0.501 e. The van der Waals surface area contributed by atoms with Crippen molar-refractivity contribution < 1.29 is 13.9 Å². The van der Waals surface area contributed by atoms with Gasteiger partial charge in [-0.15, -0.1) is 0 Å². The van der Waals surface area contributed by atoms with E-state index in [0.717, 1.165) is 5.56 Å². The lowest BCUT2D eigenvalue weighted by Crippen LogP contribution is -2.22. The Hall–Kier alpha value is -3.74. The first-order valence-electron chi connectivity index (χ1n) is 8.11. The standard InChI is InChI=1S/C20H18N4O3/c1-13(26-3)9-16(12-21-2)23-19(25)14-6-7-18-17(10-14)24-20(27-18)15-5-4-8-22-11-15/h4-12H,2H2,1,3H3,(H,23,25)/b13-9+,16-12+. The number of carbonyl (C=O) groups excluding carboxylic acids is 1. The summed E-state index contributed by atoms with van der Waals surface area (Å²) in [6, 6.07) is 8.71. The maximum absolute atomic E-state index is 12.6. The molecule has 0 aliphatic heterocycles. The molecule has 0 aliphatic rings. The van der Waals surface area contributed by atoms with E-state index in [-0.39, 0.29) is 5.91 Å². The Labute approximate surface area is 156 Å². The number of amides is 1. The Bertz CT molecular complexity index is 1040. The summed E-state index contributed by atoms with van der Waals surface area (Å²) in [6.07, 6.45) is 6.44. The van der Waals surface area contributed by atoms with Gasteiger partial charge >= 0.3 is 0 Å². The number of fused-ring (bicyclic) bond motifs is 1. The van der Waals surface area contributed by atoms with Crippen molar-refractivity contribution in [3.8, 4) is 11.5 Å². The number of pyridine rings is 1. The maximum Gasteiger partial charge on any atom is 0.255 e. The predicted octanol–water partition coefficient (Wildman–Crippen LogP) is 3.71. The van der Waals surface area contributed by atoms with E-state index in [0.29, 0.717) is 34.0 Å². The van der Waals surface area contributed by atoms with Gasteiger partial charge in [0.05, 0.1) is 24.1 Å². The minimum atomic E-state index is -0.308. The molecular weight excluding hydrogens is 344 g/mol. The number of aliphatic imine (C=N–C) groups is 1. The number of hydrogen-bond acceptors (Lipinski definition) is 6. The molecule has 27 heavy (non-hydrogen) atoms. The van der Waals surface area contributed by atoms with Gasteiger partial charge in [-0.05, 0) is 44.0 Å². The zero-order chi connectivity index (χ0) is 19.2. The Balaban J connectivity index is 1.87. The summed E-state index contributed by atoms with van der Waals surface area (Å²) in [6.45, 7) is 5.18. The van der Waals surface area contributed by atoms with Crippen molar-refractivity contribution in [3.63, 3.8) is 0 Å². The van der Waals surface area contributed by atoms with Crippen LogP contribution >= 0.6 is 0 Å². The van der Waals surface area contributed by atoms with E-state index in [1.807, 2.05) is 6.07 Å². The molecule has 7 heteroatoms. The van der Waals surface area contributed by atoms with E-state index in [1.165, 1.54) is 6.20 Å². The number of allylic oxidation sites excluding steroid dienone is 2. The number of rotatable bonds is 6. The van der Waals surface area contributed by atoms with Crippen LogP contribution in [-0.4, -0.2) is 29.7 Å². The molecule has 1 aromatic carbocycles. The Morgan fingerprint density at radius 3 is 2.93 bits per heavy atom. The summed E-state index contributed by atoms with van der Waals surface area (Å²) in [7, 11) is 1.55. The summed E-state index contributed by atoms with van der Waals surface area (Å²) in [5.41, 5.74) is 2.83. The molecule has 0 spiro atoms. The third-order valence-corrected chi connectivity index (χ3v) is 3.73. The van der Waals surface area contributed by atoms with Crippen LogP contribution < -0.4 is 5.32 Å². The Morgan fingerprint density at radius 2 is 2.22 bits per heavy atom. The lowest BCUT2D eigenvalue weighted by molar-refractivity contribution is 0.0967. The van der Waals surface area contributed by atoms with E-state index in [1.54, 1.807) is 56.8 Å². The van der Waals surface area contributed by atoms with Crippen LogP contribution in [0.25, 0.3) is 22.6 Å². The zero-order valence-corrected chi connectivity index (χ0v) is 15.0. The summed E-state index contributed by atoms with van der Waals surface area (Å²) >= 11 is 0. The number of oxazole rings is 1. The molecule has 136 valence electrons. The second kappa shape index (κ2) is 8.09. The lowest BCUT2D eigenvalue weighted by atomic mass is 10.2. The fourth-order valence-electron chi connectivity index (χ4n) is 2.37. The lowest BCUT2D eigenvalue weighted by Gasteiger charge is -2.07. The molecule has 0 saturated heterocycles. The van der Waals surface area contributed by atoms with E-state index in [4.69, 9.17) is 9.15 Å². The smallest absolute Gasteiger partial charge is 0.255 e. The molecule has 0 atom stereocenters. The monoisotopic (exact) mass is 362 g/mol. The maximum atomic E-state index is 12.6. The van der Waals surface area contributed by atoms with Crippen LogP contribution in [-0.2, 0) is 4.74 Å². The SMILES string of the molecule is C=N/C=C(\C=C(/C)OC)NC(=O)c1ccc2oc(-c3cccnc3)nc2c1. The summed E-state index contributed by atoms with van der Waals surface area (Å²) in [4.78, 5) is 24.8. The molecule has 0 bridgehead atoms. The highest BCUT2D eigenvalue weighted by Crippen LogP contribution is 2.24. The Kier molecular flexibility index (Phi) is 5.41. The van der Waals surface area contributed by atoms with Gasteiger partial charge in [0.25, 0.3) is 5.91 Å². The van der Waals surface area contributed by atoms with Crippen molar-refractivity contribution in [2.24, 2.45) is 4.99 Å². The van der Waals surface area contributed by atoms with Gasteiger partial charge in [0.1, 0.15) is 5.52 Å². The number of benzene rings is 1. The van der Waals surface area contributed by atoms with Crippen molar-refractivity contribution in [2.45, 2.75) is 6.92 Å². The van der Waals surface area contributed by atoms with Crippen molar-refractivity contribution in [1.82, 2.24) is 15.3 Å². The topological polar surface area (TPSA) is 89.6 Å². The molecule has 0 unspecified atom stereocenters. The number of nitrogens with zero attached hydrogens (tertiary/aromatic N) is 3. The highest BCUT2D eigenvalue weighted by Gasteiger charge is 2.12. The van der Waals surface area contributed by atoms with Crippen LogP contribution in [0.4, 0.5) is 0 Å². The van der Waals surface area contributed by atoms with Gasteiger partial charge in [-0.1, -0.05) is 0 Å². The molecule has 2 heterocycles. The van der Waals surface area contributed by atoms with Crippen LogP contribution in [0.3, 0.4) is 0 Å². The van der Waals surface area contributed by atoms with Crippen LogP contribution in [0.1, 0.15) is 17.3 Å². The molecule has 7 nitrogen and oxygen atoms in total. The van der Waals surface area contributed by atoms with Crippen LogP contribution in [0.2, 0.25) is 0 Å². The molecule has 0 fully saturated rings. The van der Waals surface area contributed by atoms with Crippen molar-refractivity contribution in [1.29, 1.82) is 0 Å². The van der Waals surface area contributed by atoms with Crippen LogP contribution in [0.15, 0.2) is 75.9 Å². The van der Waals surface area contributed by atoms with Crippen molar-refractivity contribution in [3.05, 3.63) is 72.0 Å². The molecule has 3 rings (SSSR count). The number of aromatic nitrogens is 2. The largest absolute Gasteiger partial charge is 0.501 e. The van der Waals surface area contributed by atoms with Gasteiger partial charge in [0, 0.05) is 30.2 Å². The summed E-state index contributed by atoms with van der Waals surface area (Å²) in [5, 5.41) is 2.77. The zero-order valence-electron chi connectivity index (χ0n) is 15.0. The first kappa shape index (κ1) is 18.1. The van der Waals surface area contributed by atoms with E-state index < -0.39 is 0 Å². The van der Waals surface area contributed by atoms with Gasteiger partial charge in [-0.3, -0.25) is 14.8 Å². The third-order valence-electron chi connectivity index (χ3n) is 3.73. The average Bonchev–Trinajstić information content (AvgIpc) is 3.12. The molecule has 0 aliphatic carbocycles. The molecule has 1 N–H and O–H groups in total. The summed E-state index contributed by atoms with van der Waals surface area (Å²) < 4.78 is 10.8. The molecule has 1 amide bonds. The molecule has 0 radical (unpaired) electrons. The highest BCUT2D eigenvalue weighted by molar-refractivity contribution is 5.98. The van der Waals surface area contributed by atoms with Gasteiger partial charge in [-0.2, -0.15) is 0 Å². The Morgan fingerprint density at radius 1 is 1.37 bits per heavy atom. The van der Waals surface area contributed by atoms with Gasteiger partial charge in [-0.25, -0.2) is 4.98 Å². The van der Waals surface area contributed by atoms with Gasteiger partial charge in [0.2, 0.25) is 5.89 Å². The highest BCUT2D eigenvalue weighted by atomic mass is 16.5. The number of hydrogen-bond donors (Lipinski definition) is 1. The second-order valence-electron chi connectivity index (χ2n) is 5.62. The molecular formula is C20H18N4O3.